The molecule has 1 aromatic heterocycles. The molecule has 0 unspecified atom stereocenters. The number of allylic oxidation sites excluding steroid dienone is 1. The predicted molar refractivity (Wildman–Crippen MR) is 130 cm³/mol. The van der Waals surface area contributed by atoms with E-state index in [2.05, 4.69) is 27.9 Å². The third kappa shape index (κ3) is 3.87. The molecule has 3 aliphatic rings. The maximum Gasteiger partial charge on any atom is 0.237 e. The van der Waals surface area contributed by atoms with Crippen LogP contribution >= 0.6 is 11.6 Å². The molecule has 1 N–H and O–H groups in total. The van der Waals surface area contributed by atoms with Crippen LogP contribution in [0.4, 0.5) is 0 Å². The first-order valence-corrected chi connectivity index (χ1v) is 12.0. The number of piperazine rings is 1. The number of carbonyl (C=O) groups is 2. The van der Waals surface area contributed by atoms with Crippen LogP contribution in [-0.2, 0) is 22.7 Å². The number of aryl methyl sites for hydroxylation is 1. The second-order valence-electron chi connectivity index (χ2n) is 9.27. The van der Waals surface area contributed by atoms with Crippen LogP contribution in [0.1, 0.15) is 31.9 Å². The number of fused-ring (bicyclic) bond motifs is 1. The van der Waals surface area contributed by atoms with Crippen LogP contribution < -0.4 is 5.32 Å². The second kappa shape index (κ2) is 8.61. The topological polar surface area (TPSA) is 69.9 Å². The number of nitrogens with one attached hydrogen (secondary N) is 1. The fourth-order valence-corrected chi connectivity index (χ4v) is 5.47. The molecule has 1 spiro atoms. The first-order chi connectivity index (χ1) is 15.9. The van der Waals surface area contributed by atoms with Gasteiger partial charge in [-0.25, -0.2) is 0 Å². The van der Waals surface area contributed by atoms with Crippen molar-refractivity contribution in [2.24, 2.45) is 10.4 Å². The van der Waals surface area contributed by atoms with Gasteiger partial charge in [0.2, 0.25) is 11.8 Å². The minimum Gasteiger partial charge on any atom is -0.343 e. The third-order valence-electron chi connectivity index (χ3n) is 7.32. The maximum atomic E-state index is 13.4. The molecule has 1 saturated heterocycles. The van der Waals surface area contributed by atoms with Crippen molar-refractivity contribution >= 4 is 40.5 Å². The van der Waals surface area contributed by atoms with Crippen molar-refractivity contribution in [3.05, 3.63) is 46.3 Å². The highest BCUT2D eigenvalue weighted by Gasteiger charge is 2.58. The Morgan fingerprint density at radius 1 is 1.21 bits per heavy atom. The lowest BCUT2D eigenvalue weighted by molar-refractivity contribution is -0.132. The maximum absolute atomic E-state index is 13.4. The number of rotatable bonds is 7. The highest BCUT2D eigenvalue weighted by Crippen LogP contribution is 2.58. The number of carbonyl (C=O) groups excluding carboxylic acids is 2. The normalized spacial score (nSPS) is 20.3. The van der Waals surface area contributed by atoms with Gasteiger partial charge in [-0.3, -0.25) is 14.6 Å². The Labute approximate surface area is 199 Å². The predicted octanol–water partition coefficient (Wildman–Crippen LogP) is 3.21. The van der Waals surface area contributed by atoms with Crippen LogP contribution in [-0.4, -0.2) is 65.6 Å². The largest absolute Gasteiger partial charge is 0.343 e. The van der Waals surface area contributed by atoms with Gasteiger partial charge in [0.15, 0.2) is 0 Å². The molecule has 0 bridgehead atoms. The highest BCUT2D eigenvalue weighted by molar-refractivity contribution is 6.31. The molecule has 2 fully saturated rings. The zero-order chi connectivity index (χ0) is 23.2. The van der Waals surface area contributed by atoms with E-state index in [1.807, 2.05) is 34.2 Å². The van der Waals surface area contributed by atoms with E-state index >= 15 is 0 Å². The summed E-state index contributed by atoms with van der Waals surface area (Å²) in [4.78, 5) is 33.6. The Morgan fingerprint density at radius 2 is 2.03 bits per heavy atom. The number of amides is 2. The molecule has 0 radical (unpaired) electrons. The summed E-state index contributed by atoms with van der Waals surface area (Å²) in [6.45, 7) is 6.08. The van der Waals surface area contributed by atoms with E-state index in [1.54, 1.807) is 7.05 Å². The summed E-state index contributed by atoms with van der Waals surface area (Å²) in [7, 11) is 1.75. The summed E-state index contributed by atoms with van der Waals surface area (Å²) in [5.41, 5.74) is 3.93. The van der Waals surface area contributed by atoms with Crippen LogP contribution in [0.5, 0.6) is 0 Å². The summed E-state index contributed by atoms with van der Waals surface area (Å²) in [6, 6.07) is 8.06. The van der Waals surface area contributed by atoms with Gasteiger partial charge in [-0.15, -0.1) is 0 Å². The summed E-state index contributed by atoms with van der Waals surface area (Å²) in [5.74, 6) is 0.350. The van der Waals surface area contributed by atoms with Crippen molar-refractivity contribution in [3.8, 4) is 0 Å². The zero-order valence-corrected chi connectivity index (χ0v) is 20.0. The first-order valence-electron chi connectivity index (χ1n) is 11.7. The summed E-state index contributed by atoms with van der Waals surface area (Å²) in [5, 5.41) is 4.88. The van der Waals surface area contributed by atoms with Crippen molar-refractivity contribution in [1.29, 1.82) is 0 Å². The molecule has 0 atom stereocenters. The molecule has 33 heavy (non-hydrogen) atoms. The van der Waals surface area contributed by atoms with Crippen molar-refractivity contribution in [2.45, 2.75) is 39.3 Å². The van der Waals surface area contributed by atoms with Gasteiger partial charge in [0.25, 0.3) is 0 Å². The number of benzene rings is 1. The van der Waals surface area contributed by atoms with Gasteiger partial charge in [-0.05, 0) is 56.0 Å². The number of nitrogens with zero attached hydrogens (tertiary/aromatic N) is 4. The molecule has 8 heteroatoms. The van der Waals surface area contributed by atoms with Crippen LogP contribution in [0.2, 0.25) is 5.02 Å². The average Bonchev–Trinajstić information content (AvgIpc) is 3.51. The van der Waals surface area contributed by atoms with E-state index in [0.29, 0.717) is 18.1 Å². The molecular weight excluding hydrogens is 438 g/mol. The molecular formula is C25H30ClN5O2. The monoisotopic (exact) mass is 467 g/mol. The molecule has 1 aromatic carbocycles. The number of aliphatic imine (C=N–C) groups is 1. The molecule has 3 heterocycles. The van der Waals surface area contributed by atoms with Gasteiger partial charge in [0.05, 0.1) is 24.2 Å². The molecule has 2 amide bonds. The third-order valence-corrected chi connectivity index (χ3v) is 7.55. The SMILES string of the molecule is CN=CC1=C(C)C2(CC2)C(=O)N1Cc1cc2cc(Cl)ccc2n1CCCN1CCNCC1=O. The van der Waals surface area contributed by atoms with Gasteiger partial charge < -0.3 is 19.7 Å². The van der Waals surface area contributed by atoms with E-state index in [9.17, 15) is 9.59 Å². The van der Waals surface area contributed by atoms with Gasteiger partial charge in [-0.2, -0.15) is 0 Å². The highest BCUT2D eigenvalue weighted by atomic mass is 35.5. The number of hydrogen-bond acceptors (Lipinski definition) is 4. The fraction of sp³-hybridized carbons (Fsp3) is 0.480. The van der Waals surface area contributed by atoms with Gasteiger partial charge >= 0.3 is 0 Å². The number of aromatic nitrogens is 1. The summed E-state index contributed by atoms with van der Waals surface area (Å²) >= 11 is 6.28. The Kier molecular flexibility index (Phi) is 5.79. The van der Waals surface area contributed by atoms with E-state index < -0.39 is 0 Å². The number of halogens is 1. The van der Waals surface area contributed by atoms with Gasteiger partial charge in [0, 0.05) is 61.1 Å². The van der Waals surface area contributed by atoms with Crippen LogP contribution in [0.25, 0.3) is 10.9 Å². The van der Waals surface area contributed by atoms with Crippen molar-refractivity contribution < 1.29 is 9.59 Å². The number of hydrogen-bond donors (Lipinski definition) is 1. The lowest BCUT2D eigenvalue weighted by Gasteiger charge is -2.27. The Hall–Kier alpha value is -2.64. The average molecular weight is 468 g/mol. The second-order valence-corrected chi connectivity index (χ2v) is 9.71. The molecule has 174 valence electrons. The Bertz CT molecular complexity index is 1180. The van der Waals surface area contributed by atoms with Crippen molar-refractivity contribution in [2.75, 3.05) is 33.2 Å². The molecule has 2 aliphatic heterocycles. The van der Waals surface area contributed by atoms with Gasteiger partial charge in [-0.1, -0.05) is 11.6 Å². The zero-order valence-electron chi connectivity index (χ0n) is 19.2. The standard InChI is InChI=1S/C25H30ClN5O2/c1-17-22(14-27-2)31(24(33)25(17)6-7-25)16-20-13-18-12-19(26)4-5-21(18)30(20)10-3-9-29-11-8-28-15-23(29)32/h4-5,12-14,28H,3,6-11,15-16H2,1-2H3. The quantitative estimate of drug-likeness (QED) is 0.636. The molecule has 1 saturated carbocycles. The van der Waals surface area contributed by atoms with Crippen LogP contribution in [0, 0.1) is 5.41 Å². The fourth-order valence-electron chi connectivity index (χ4n) is 5.29. The molecule has 2 aromatic rings. The van der Waals surface area contributed by atoms with Crippen LogP contribution in [0.15, 0.2) is 40.5 Å². The summed E-state index contributed by atoms with van der Waals surface area (Å²) in [6.07, 6.45) is 4.51. The Morgan fingerprint density at radius 3 is 2.76 bits per heavy atom. The van der Waals surface area contributed by atoms with Crippen molar-refractivity contribution in [1.82, 2.24) is 19.7 Å². The molecule has 7 nitrogen and oxygen atoms in total. The minimum absolute atomic E-state index is 0.159. The van der Waals surface area contributed by atoms with E-state index in [0.717, 1.165) is 73.3 Å². The van der Waals surface area contributed by atoms with Gasteiger partial charge in [0.1, 0.15) is 0 Å². The first kappa shape index (κ1) is 22.2. The van der Waals surface area contributed by atoms with E-state index in [1.165, 1.54) is 0 Å². The molecule has 1 aliphatic carbocycles. The minimum atomic E-state index is -0.306. The summed E-state index contributed by atoms with van der Waals surface area (Å²) < 4.78 is 2.28. The van der Waals surface area contributed by atoms with E-state index in [-0.39, 0.29) is 17.2 Å². The molecule has 5 rings (SSSR count). The Balaban J connectivity index is 1.43. The van der Waals surface area contributed by atoms with Crippen molar-refractivity contribution in [3.63, 3.8) is 0 Å². The lowest BCUT2D eigenvalue weighted by Crippen LogP contribution is -2.48. The lowest BCUT2D eigenvalue weighted by atomic mass is 9.99. The van der Waals surface area contributed by atoms with Crippen LogP contribution in [0.3, 0.4) is 0 Å². The smallest absolute Gasteiger partial charge is 0.237 e. The van der Waals surface area contributed by atoms with E-state index in [4.69, 9.17) is 11.6 Å².